The minimum Gasteiger partial charge on any atom is -0.463 e. The van der Waals surface area contributed by atoms with Crippen molar-refractivity contribution in [1.82, 2.24) is 0 Å². The summed E-state index contributed by atoms with van der Waals surface area (Å²) >= 11 is 3.30. The highest BCUT2D eigenvalue weighted by Crippen LogP contribution is 2.24. The molecule has 0 N–H and O–H groups in total. The van der Waals surface area contributed by atoms with E-state index in [-0.39, 0.29) is 0 Å². The van der Waals surface area contributed by atoms with Crippen LogP contribution in [0.5, 0.6) is 5.75 Å². The maximum atomic E-state index is 12.0. The average molecular weight is 261 g/mol. The molecular formula is C10H10BrFO2. The van der Waals surface area contributed by atoms with Crippen LogP contribution >= 0.6 is 15.9 Å². The molecule has 1 rings (SSSR count). The van der Waals surface area contributed by atoms with E-state index in [4.69, 9.17) is 4.74 Å². The molecule has 4 heteroatoms. The third kappa shape index (κ3) is 3.10. The number of aryl methyl sites for hydroxylation is 1. The molecule has 0 heterocycles. The SMILES string of the molecule is O=CCCc1cc(Br)ccc1OCF. The van der Waals surface area contributed by atoms with Crippen molar-refractivity contribution in [3.63, 3.8) is 0 Å². The number of hydrogen-bond donors (Lipinski definition) is 0. The Kier molecular flexibility index (Phi) is 4.59. The van der Waals surface area contributed by atoms with Gasteiger partial charge >= 0.3 is 0 Å². The molecule has 0 aliphatic heterocycles. The van der Waals surface area contributed by atoms with Crippen molar-refractivity contribution in [2.75, 3.05) is 6.86 Å². The second kappa shape index (κ2) is 5.75. The van der Waals surface area contributed by atoms with E-state index in [9.17, 15) is 9.18 Å². The van der Waals surface area contributed by atoms with Crippen LogP contribution < -0.4 is 4.74 Å². The van der Waals surface area contributed by atoms with E-state index in [0.717, 1.165) is 16.3 Å². The second-order valence-corrected chi connectivity index (χ2v) is 3.63. The number of alkyl halides is 1. The summed E-state index contributed by atoms with van der Waals surface area (Å²) in [6.07, 6.45) is 1.82. The number of benzene rings is 1. The first kappa shape index (κ1) is 11.2. The highest BCUT2D eigenvalue weighted by Gasteiger charge is 2.04. The number of hydrogen-bond acceptors (Lipinski definition) is 2. The molecule has 0 radical (unpaired) electrons. The largest absolute Gasteiger partial charge is 0.463 e. The van der Waals surface area contributed by atoms with E-state index in [1.807, 2.05) is 6.07 Å². The van der Waals surface area contributed by atoms with Gasteiger partial charge in [-0.05, 0) is 30.2 Å². The number of rotatable bonds is 5. The number of carbonyl (C=O) groups excluding carboxylic acids is 1. The molecule has 0 spiro atoms. The maximum Gasteiger partial charge on any atom is 0.228 e. The maximum absolute atomic E-state index is 12.0. The van der Waals surface area contributed by atoms with E-state index < -0.39 is 6.86 Å². The number of halogens is 2. The van der Waals surface area contributed by atoms with Crippen LogP contribution in [0.25, 0.3) is 0 Å². The van der Waals surface area contributed by atoms with Crippen LogP contribution in [-0.4, -0.2) is 13.1 Å². The Morgan fingerprint density at radius 2 is 2.29 bits per heavy atom. The Bertz CT molecular complexity index is 315. The quantitative estimate of drug-likeness (QED) is 0.762. The molecule has 0 amide bonds. The van der Waals surface area contributed by atoms with Gasteiger partial charge in [0.05, 0.1) is 0 Å². The van der Waals surface area contributed by atoms with Crippen LogP contribution in [0.1, 0.15) is 12.0 Å². The van der Waals surface area contributed by atoms with Crippen molar-refractivity contribution >= 4 is 22.2 Å². The number of carbonyl (C=O) groups is 1. The fraction of sp³-hybridized carbons (Fsp3) is 0.300. The summed E-state index contributed by atoms with van der Waals surface area (Å²) in [5, 5.41) is 0. The van der Waals surface area contributed by atoms with Gasteiger partial charge in [0.15, 0.2) is 0 Å². The van der Waals surface area contributed by atoms with Gasteiger partial charge in [0, 0.05) is 10.9 Å². The molecular weight excluding hydrogens is 251 g/mol. The highest BCUT2D eigenvalue weighted by molar-refractivity contribution is 9.10. The summed E-state index contributed by atoms with van der Waals surface area (Å²) in [4.78, 5) is 10.2. The van der Waals surface area contributed by atoms with Crippen LogP contribution in [0, 0.1) is 0 Å². The zero-order chi connectivity index (χ0) is 10.4. The van der Waals surface area contributed by atoms with Gasteiger partial charge in [-0.2, -0.15) is 0 Å². The summed E-state index contributed by atoms with van der Waals surface area (Å²) in [6, 6.07) is 5.29. The van der Waals surface area contributed by atoms with Crippen molar-refractivity contribution in [2.24, 2.45) is 0 Å². The van der Waals surface area contributed by atoms with Crippen LogP contribution in [0.15, 0.2) is 22.7 Å². The molecule has 0 bridgehead atoms. The minimum atomic E-state index is -0.851. The molecule has 76 valence electrons. The fourth-order valence-electron chi connectivity index (χ4n) is 1.16. The normalized spacial score (nSPS) is 9.86. The van der Waals surface area contributed by atoms with Gasteiger partial charge in [0.1, 0.15) is 12.0 Å². The summed E-state index contributed by atoms with van der Waals surface area (Å²) in [7, 11) is 0. The third-order valence-electron chi connectivity index (χ3n) is 1.76. The van der Waals surface area contributed by atoms with Gasteiger partial charge in [-0.15, -0.1) is 0 Å². The van der Waals surface area contributed by atoms with Gasteiger partial charge in [-0.3, -0.25) is 0 Å². The molecule has 1 aromatic carbocycles. The summed E-state index contributed by atoms with van der Waals surface area (Å²) in [5.74, 6) is 0.498. The average Bonchev–Trinajstić information content (AvgIpc) is 2.18. The monoisotopic (exact) mass is 260 g/mol. The molecule has 0 fully saturated rings. The molecule has 0 aliphatic carbocycles. The molecule has 0 atom stereocenters. The standard InChI is InChI=1S/C10H10BrFO2/c11-9-3-4-10(14-7-12)8(6-9)2-1-5-13/h3-6H,1-2,7H2. The molecule has 0 unspecified atom stereocenters. The lowest BCUT2D eigenvalue weighted by Gasteiger charge is -2.07. The third-order valence-corrected chi connectivity index (χ3v) is 2.26. The molecule has 0 aromatic heterocycles. The lowest BCUT2D eigenvalue weighted by Crippen LogP contribution is -1.96. The van der Waals surface area contributed by atoms with E-state index in [1.165, 1.54) is 0 Å². The Balaban J connectivity index is 2.84. The summed E-state index contributed by atoms with van der Waals surface area (Å²) in [5.41, 5.74) is 0.837. The van der Waals surface area contributed by atoms with E-state index in [2.05, 4.69) is 15.9 Å². The van der Waals surface area contributed by atoms with Crippen molar-refractivity contribution in [2.45, 2.75) is 12.8 Å². The van der Waals surface area contributed by atoms with E-state index in [0.29, 0.717) is 18.6 Å². The molecule has 1 aromatic rings. The van der Waals surface area contributed by atoms with Gasteiger partial charge in [0.25, 0.3) is 0 Å². The van der Waals surface area contributed by atoms with Crippen LogP contribution in [0.2, 0.25) is 0 Å². The first-order valence-corrected chi connectivity index (χ1v) is 4.98. The Morgan fingerprint density at radius 3 is 2.93 bits per heavy atom. The molecule has 0 saturated heterocycles. The molecule has 0 aliphatic rings. The second-order valence-electron chi connectivity index (χ2n) is 2.71. The Hall–Kier alpha value is -0.900. The summed E-state index contributed by atoms with van der Waals surface area (Å²) < 4.78 is 17.7. The lowest BCUT2D eigenvalue weighted by atomic mass is 10.1. The van der Waals surface area contributed by atoms with Crippen molar-refractivity contribution < 1.29 is 13.9 Å². The smallest absolute Gasteiger partial charge is 0.228 e. The molecule has 14 heavy (non-hydrogen) atoms. The Labute approximate surface area is 90.2 Å². The van der Waals surface area contributed by atoms with Crippen LogP contribution in [0.3, 0.4) is 0 Å². The molecule has 2 nitrogen and oxygen atoms in total. The summed E-state index contributed by atoms with van der Waals surface area (Å²) in [6.45, 7) is -0.851. The predicted molar refractivity (Wildman–Crippen MR) is 55.1 cm³/mol. The van der Waals surface area contributed by atoms with E-state index >= 15 is 0 Å². The first-order chi connectivity index (χ1) is 6.77. The number of aldehydes is 1. The van der Waals surface area contributed by atoms with Crippen molar-refractivity contribution in [1.29, 1.82) is 0 Å². The van der Waals surface area contributed by atoms with Gasteiger partial charge < -0.3 is 9.53 Å². The topological polar surface area (TPSA) is 26.3 Å². The van der Waals surface area contributed by atoms with Crippen LogP contribution in [0.4, 0.5) is 4.39 Å². The zero-order valence-corrected chi connectivity index (χ0v) is 9.09. The van der Waals surface area contributed by atoms with Crippen molar-refractivity contribution in [3.8, 4) is 5.75 Å². The number of ether oxygens (including phenoxy) is 1. The highest BCUT2D eigenvalue weighted by atomic mass is 79.9. The van der Waals surface area contributed by atoms with Crippen molar-refractivity contribution in [3.05, 3.63) is 28.2 Å². The Morgan fingerprint density at radius 1 is 1.50 bits per heavy atom. The van der Waals surface area contributed by atoms with Gasteiger partial charge in [0.2, 0.25) is 6.86 Å². The molecule has 0 saturated carbocycles. The van der Waals surface area contributed by atoms with Gasteiger partial charge in [-0.1, -0.05) is 15.9 Å². The lowest BCUT2D eigenvalue weighted by molar-refractivity contribution is -0.107. The minimum absolute atomic E-state index is 0.416. The zero-order valence-electron chi connectivity index (χ0n) is 7.50. The predicted octanol–water partition coefficient (Wildman–Crippen LogP) is 2.89. The first-order valence-electron chi connectivity index (χ1n) is 4.18. The van der Waals surface area contributed by atoms with Gasteiger partial charge in [-0.25, -0.2) is 4.39 Å². The fourth-order valence-corrected chi connectivity index (χ4v) is 1.57. The van der Waals surface area contributed by atoms with E-state index in [1.54, 1.807) is 12.1 Å². The van der Waals surface area contributed by atoms with Crippen LogP contribution in [-0.2, 0) is 11.2 Å².